The van der Waals surface area contributed by atoms with Crippen LogP contribution in [0.4, 0.5) is 5.82 Å². The molecule has 1 atom stereocenters. The highest BCUT2D eigenvalue weighted by Gasteiger charge is 2.13. The van der Waals surface area contributed by atoms with Crippen LogP contribution in [0.3, 0.4) is 0 Å². The lowest BCUT2D eigenvalue weighted by Crippen LogP contribution is -2.22. The SMILES string of the molecule is [N-]=[N+]=NC[C@H](Cn1cnc2c(N)ncnc21)OCP=O. The van der Waals surface area contributed by atoms with Crippen LogP contribution in [0.25, 0.3) is 21.6 Å². The molecular weight excluding hydrogens is 283 g/mol. The van der Waals surface area contributed by atoms with Gasteiger partial charge in [0.05, 0.1) is 25.5 Å². The van der Waals surface area contributed by atoms with Crippen LogP contribution in [-0.4, -0.2) is 38.5 Å². The zero-order valence-electron chi connectivity index (χ0n) is 10.3. The van der Waals surface area contributed by atoms with Gasteiger partial charge in [-0.2, -0.15) is 0 Å². The first-order valence-corrected chi connectivity index (χ1v) is 6.59. The van der Waals surface area contributed by atoms with E-state index in [4.69, 9.17) is 16.0 Å². The van der Waals surface area contributed by atoms with E-state index in [1.165, 1.54) is 6.33 Å². The molecule has 11 heteroatoms. The Balaban J connectivity index is 2.21. The van der Waals surface area contributed by atoms with Crippen molar-refractivity contribution in [3.05, 3.63) is 23.1 Å². The average molecular weight is 294 g/mol. The Morgan fingerprint density at radius 3 is 3.15 bits per heavy atom. The lowest BCUT2D eigenvalue weighted by molar-refractivity contribution is 0.0813. The fourth-order valence-corrected chi connectivity index (χ4v) is 1.95. The van der Waals surface area contributed by atoms with Gasteiger partial charge < -0.3 is 15.0 Å². The smallest absolute Gasteiger partial charge is 0.183 e. The molecule has 20 heavy (non-hydrogen) atoms. The molecule has 0 saturated heterocycles. The standard InChI is InChI=1S/C9H11N8O2P/c10-8-7-9(13-3-12-8)17(4-14-7)2-6(1-15-16-11)19-5-20-18/h3-4,6H,1-2,5H2,(H2,10,12,13)/t6-/m1/s1. The van der Waals surface area contributed by atoms with Crippen LogP contribution in [0.15, 0.2) is 17.8 Å². The van der Waals surface area contributed by atoms with Crippen molar-refractivity contribution in [3.63, 3.8) is 0 Å². The first-order chi connectivity index (χ1) is 9.76. The first-order valence-electron chi connectivity index (χ1n) is 5.59. The van der Waals surface area contributed by atoms with E-state index in [0.717, 1.165) is 0 Å². The minimum Gasteiger partial charge on any atom is -0.382 e. The van der Waals surface area contributed by atoms with E-state index in [0.29, 0.717) is 23.5 Å². The summed E-state index contributed by atoms with van der Waals surface area (Å²) in [5.74, 6) is 0.291. The summed E-state index contributed by atoms with van der Waals surface area (Å²) in [6, 6.07) is 0. The summed E-state index contributed by atoms with van der Waals surface area (Å²) in [7, 11) is -0.135. The normalized spacial score (nSPS) is 12.4. The lowest BCUT2D eigenvalue weighted by atomic mass is 10.3. The summed E-state index contributed by atoms with van der Waals surface area (Å²) in [6.07, 6.45) is 2.49. The van der Waals surface area contributed by atoms with E-state index in [9.17, 15) is 4.57 Å². The molecular formula is C9H11N8O2P. The third kappa shape index (κ3) is 3.18. The van der Waals surface area contributed by atoms with Crippen molar-refractivity contribution in [2.75, 3.05) is 18.6 Å². The molecule has 0 spiro atoms. The molecule has 10 nitrogen and oxygen atoms in total. The van der Waals surface area contributed by atoms with Gasteiger partial charge in [0.1, 0.15) is 18.2 Å². The largest absolute Gasteiger partial charge is 0.382 e. The van der Waals surface area contributed by atoms with E-state index in [1.54, 1.807) is 10.9 Å². The van der Waals surface area contributed by atoms with Crippen LogP contribution < -0.4 is 5.73 Å². The van der Waals surface area contributed by atoms with E-state index >= 15 is 0 Å². The zero-order chi connectivity index (χ0) is 14.4. The Labute approximate surface area is 114 Å². The maximum absolute atomic E-state index is 10.5. The van der Waals surface area contributed by atoms with Crippen LogP contribution in [0.5, 0.6) is 0 Å². The second-order valence-electron chi connectivity index (χ2n) is 3.79. The van der Waals surface area contributed by atoms with Crippen LogP contribution in [0.1, 0.15) is 0 Å². The van der Waals surface area contributed by atoms with Gasteiger partial charge in [-0.1, -0.05) is 5.11 Å². The highest BCUT2D eigenvalue weighted by molar-refractivity contribution is 7.23. The van der Waals surface area contributed by atoms with Gasteiger partial charge in [0, 0.05) is 4.91 Å². The van der Waals surface area contributed by atoms with Crippen molar-refractivity contribution >= 4 is 25.4 Å². The van der Waals surface area contributed by atoms with Crippen molar-refractivity contribution in [1.82, 2.24) is 19.5 Å². The minimum atomic E-state index is -0.430. The number of hydrogen-bond acceptors (Lipinski definition) is 7. The van der Waals surface area contributed by atoms with Gasteiger partial charge in [-0.05, 0) is 5.53 Å². The Kier molecular flexibility index (Phi) is 4.78. The number of anilines is 1. The number of nitrogen functional groups attached to an aromatic ring is 1. The molecule has 0 amide bonds. The van der Waals surface area contributed by atoms with Crippen molar-refractivity contribution in [3.8, 4) is 0 Å². The number of aromatic nitrogens is 4. The van der Waals surface area contributed by atoms with Crippen molar-refractivity contribution in [2.45, 2.75) is 12.6 Å². The van der Waals surface area contributed by atoms with Crippen LogP contribution >= 0.6 is 8.46 Å². The highest BCUT2D eigenvalue weighted by Crippen LogP contribution is 2.15. The van der Waals surface area contributed by atoms with Gasteiger partial charge in [0.15, 0.2) is 19.9 Å². The second-order valence-corrected chi connectivity index (χ2v) is 4.30. The number of fused-ring (bicyclic) bond motifs is 1. The number of imidazole rings is 1. The van der Waals surface area contributed by atoms with Gasteiger partial charge in [0.25, 0.3) is 0 Å². The third-order valence-electron chi connectivity index (χ3n) is 2.54. The number of rotatable bonds is 7. The van der Waals surface area contributed by atoms with Gasteiger partial charge in [-0.25, -0.2) is 15.0 Å². The van der Waals surface area contributed by atoms with Crippen LogP contribution in [0, 0.1) is 0 Å². The summed E-state index contributed by atoms with van der Waals surface area (Å²) in [5.41, 5.74) is 15.1. The predicted molar refractivity (Wildman–Crippen MR) is 71.1 cm³/mol. The summed E-state index contributed by atoms with van der Waals surface area (Å²) in [6.45, 7) is 0.466. The third-order valence-corrected chi connectivity index (χ3v) is 2.80. The molecule has 0 aromatic carbocycles. The molecule has 0 bridgehead atoms. The maximum Gasteiger partial charge on any atom is 0.183 e. The number of ether oxygens (including phenoxy) is 1. The lowest BCUT2D eigenvalue weighted by Gasteiger charge is -2.14. The van der Waals surface area contributed by atoms with E-state index in [2.05, 4.69) is 25.0 Å². The topological polar surface area (TPSA) is 145 Å². The molecule has 0 aliphatic rings. The minimum absolute atomic E-state index is 0.0232. The number of hydrogen-bond donors (Lipinski definition) is 1. The predicted octanol–water partition coefficient (Wildman–Crippen LogP) is 1.35. The molecule has 0 aliphatic carbocycles. The zero-order valence-corrected chi connectivity index (χ0v) is 11.2. The Bertz CT molecular complexity index is 652. The number of azide groups is 1. The van der Waals surface area contributed by atoms with Crippen molar-refractivity contribution in [2.24, 2.45) is 5.11 Å². The molecule has 2 N–H and O–H groups in total. The van der Waals surface area contributed by atoms with Gasteiger partial charge in [-0.15, -0.1) is 0 Å². The van der Waals surface area contributed by atoms with Gasteiger partial charge >= 0.3 is 0 Å². The number of nitrogens with two attached hydrogens (primary N) is 1. The fraction of sp³-hybridized carbons (Fsp3) is 0.444. The highest BCUT2D eigenvalue weighted by atomic mass is 31.1. The molecule has 0 radical (unpaired) electrons. The van der Waals surface area contributed by atoms with Crippen LogP contribution in [0.2, 0.25) is 0 Å². The Morgan fingerprint density at radius 1 is 1.55 bits per heavy atom. The molecule has 0 unspecified atom stereocenters. The summed E-state index contributed by atoms with van der Waals surface area (Å²) < 4.78 is 17.5. The Morgan fingerprint density at radius 2 is 2.40 bits per heavy atom. The molecule has 2 heterocycles. The van der Waals surface area contributed by atoms with Gasteiger partial charge in [-0.3, -0.25) is 4.57 Å². The van der Waals surface area contributed by atoms with E-state index in [-0.39, 0.29) is 21.4 Å². The Hall–Kier alpha value is -2.28. The fourth-order valence-electron chi connectivity index (χ4n) is 1.68. The number of nitrogens with zero attached hydrogens (tertiary/aromatic N) is 7. The average Bonchev–Trinajstić information content (AvgIpc) is 2.86. The quantitative estimate of drug-likeness (QED) is 0.353. The summed E-state index contributed by atoms with van der Waals surface area (Å²) >= 11 is 0. The monoisotopic (exact) mass is 294 g/mol. The molecule has 2 aromatic rings. The van der Waals surface area contributed by atoms with Crippen molar-refractivity contribution < 1.29 is 9.30 Å². The van der Waals surface area contributed by atoms with E-state index in [1.807, 2.05) is 0 Å². The maximum atomic E-state index is 10.5. The molecule has 0 saturated carbocycles. The van der Waals surface area contributed by atoms with E-state index < -0.39 is 6.10 Å². The second kappa shape index (κ2) is 6.76. The summed E-state index contributed by atoms with van der Waals surface area (Å²) in [4.78, 5) is 14.8. The van der Waals surface area contributed by atoms with Crippen molar-refractivity contribution in [1.29, 1.82) is 0 Å². The van der Waals surface area contributed by atoms with Gasteiger partial charge in [0.2, 0.25) is 0 Å². The summed E-state index contributed by atoms with van der Waals surface area (Å²) in [5, 5.41) is 3.46. The first kappa shape index (κ1) is 14.1. The molecule has 2 aromatic heterocycles. The molecule has 0 aliphatic heterocycles. The molecule has 2 rings (SSSR count). The molecule has 104 valence electrons. The molecule has 0 fully saturated rings. The van der Waals surface area contributed by atoms with Crippen LogP contribution in [-0.2, 0) is 15.8 Å².